The summed E-state index contributed by atoms with van der Waals surface area (Å²) in [7, 11) is 0. The van der Waals surface area contributed by atoms with Crippen LogP contribution in [0.3, 0.4) is 0 Å². The number of amides is 1. The van der Waals surface area contributed by atoms with Crippen molar-refractivity contribution >= 4 is 11.9 Å². The number of carbonyl (C=O) groups excluding carboxylic acids is 2. The molecule has 114 valence electrons. The highest BCUT2D eigenvalue weighted by molar-refractivity contribution is 5.94. The lowest BCUT2D eigenvalue weighted by molar-refractivity contribution is 0.0498. The van der Waals surface area contributed by atoms with Crippen LogP contribution in [-0.2, 0) is 11.2 Å². The molecule has 0 saturated carbocycles. The second-order valence-electron chi connectivity index (χ2n) is 6.56. The number of alkyl carbamates (subject to hydrolysis) is 1. The number of aryl methyl sites for hydroxylation is 1. The normalized spacial score (nSPS) is 17.8. The van der Waals surface area contributed by atoms with E-state index in [1.54, 1.807) is 6.92 Å². The van der Waals surface area contributed by atoms with E-state index < -0.39 is 11.7 Å². The summed E-state index contributed by atoms with van der Waals surface area (Å²) in [5, 5.41) is 2.93. The zero-order chi connectivity index (χ0) is 15.6. The van der Waals surface area contributed by atoms with E-state index in [0.717, 1.165) is 36.0 Å². The van der Waals surface area contributed by atoms with Crippen molar-refractivity contribution in [1.82, 2.24) is 5.32 Å². The number of fused-ring (bicyclic) bond motifs is 1. The van der Waals surface area contributed by atoms with Crippen molar-refractivity contribution in [2.45, 2.75) is 58.6 Å². The highest BCUT2D eigenvalue weighted by atomic mass is 16.6. The summed E-state index contributed by atoms with van der Waals surface area (Å²) in [6, 6.07) is 5.69. The number of hydrogen-bond donors (Lipinski definition) is 1. The molecule has 4 nitrogen and oxygen atoms in total. The molecule has 0 heterocycles. The maximum Gasteiger partial charge on any atom is 0.408 e. The molecule has 4 heteroatoms. The van der Waals surface area contributed by atoms with Gasteiger partial charge < -0.3 is 10.1 Å². The Morgan fingerprint density at radius 1 is 1.29 bits per heavy atom. The third-order valence-electron chi connectivity index (χ3n) is 3.55. The number of carbonyl (C=O) groups is 2. The van der Waals surface area contributed by atoms with Crippen molar-refractivity contribution in [1.29, 1.82) is 0 Å². The summed E-state index contributed by atoms with van der Waals surface area (Å²) in [6.45, 7) is 7.11. The minimum atomic E-state index is -0.500. The van der Waals surface area contributed by atoms with Crippen molar-refractivity contribution in [2.75, 3.05) is 0 Å². The summed E-state index contributed by atoms with van der Waals surface area (Å²) < 4.78 is 5.31. The van der Waals surface area contributed by atoms with Gasteiger partial charge in [0.05, 0.1) is 6.04 Å². The van der Waals surface area contributed by atoms with Crippen LogP contribution in [0.1, 0.15) is 68.1 Å². The van der Waals surface area contributed by atoms with Gasteiger partial charge >= 0.3 is 6.09 Å². The van der Waals surface area contributed by atoms with Crippen LogP contribution in [0.2, 0.25) is 0 Å². The van der Waals surface area contributed by atoms with E-state index in [0.29, 0.717) is 0 Å². The molecule has 1 aromatic carbocycles. The molecule has 1 unspecified atom stereocenters. The molecule has 0 radical (unpaired) electrons. The van der Waals surface area contributed by atoms with Crippen LogP contribution in [0.4, 0.5) is 4.79 Å². The van der Waals surface area contributed by atoms with E-state index >= 15 is 0 Å². The first-order chi connectivity index (χ1) is 9.76. The molecule has 2 rings (SSSR count). The van der Waals surface area contributed by atoms with Gasteiger partial charge in [0.2, 0.25) is 0 Å². The van der Waals surface area contributed by atoms with Crippen molar-refractivity contribution in [2.24, 2.45) is 0 Å². The van der Waals surface area contributed by atoms with Crippen molar-refractivity contribution < 1.29 is 14.3 Å². The van der Waals surface area contributed by atoms with Gasteiger partial charge in [-0.15, -0.1) is 0 Å². The average molecular weight is 289 g/mol. The lowest BCUT2D eigenvalue weighted by Gasteiger charge is -2.28. The van der Waals surface area contributed by atoms with E-state index in [2.05, 4.69) is 5.32 Å². The number of hydrogen-bond acceptors (Lipinski definition) is 3. The molecule has 1 atom stereocenters. The molecule has 0 spiro atoms. The summed E-state index contributed by atoms with van der Waals surface area (Å²) in [5.74, 6) is 0.0695. The quantitative estimate of drug-likeness (QED) is 0.843. The molecule has 0 fully saturated rings. The van der Waals surface area contributed by atoms with Crippen LogP contribution in [0.15, 0.2) is 18.2 Å². The van der Waals surface area contributed by atoms with Gasteiger partial charge in [0, 0.05) is 5.56 Å². The second-order valence-corrected chi connectivity index (χ2v) is 6.56. The van der Waals surface area contributed by atoms with Gasteiger partial charge in [0.15, 0.2) is 5.78 Å². The fourth-order valence-corrected chi connectivity index (χ4v) is 2.63. The monoisotopic (exact) mass is 289 g/mol. The molecular weight excluding hydrogens is 266 g/mol. The molecule has 1 N–H and O–H groups in total. The van der Waals surface area contributed by atoms with Crippen LogP contribution < -0.4 is 5.32 Å². The average Bonchev–Trinajstić information content (AvgIpc) is 2.36. The first kappa shape index (κ1) is 15.5. The smallest absolute Gasteiger partial charge is 0.408 e. The van der Waals surface area contributed by atoms with Crippen molar-refractivity contribution in [3.05, 3.63) is 34.9 Å². The number of rotatable bonds is 2. The topological polar surface area (TPSA) is 55.4 Å². The maximum atomic E-state index is 11.9. The zero-order valence-corrected chi connectivity index (χ0v) is 13.2. The molecule has 0 aliphatic heterocycles. The Morgan fingerprint density at radius 2 is 2.00 bits per heavy atom. The third-order valence-corrected chi connectivity index (χ3v) is 3.55. The van der Waals surface area contributed by atoms with Crippen LogP contribution in [0.25, 0.3) is 0 Å². The number of nitrogens with one attached hydrogen (secondary N) is 1. The molecule has 1 aliphatic carbocycles. The van der Waals surface area contributed by atoms with Crippen LogP contribution in [0, 0.1) is 0 Å². The molecule has 0 aromatic heterocycles. The van der Waals surface area contributed by atoms with E-state index in [1.165, 1.54) is 0 Å². The Bertz CT molecular complexity index is 558. The van der Waals surface area contributed by atoms with Crippen LogP contribution in [-0.4, -0.2) is 17.5 Å². The van der Waals surface area contributed by atoms with Crippen molar-refractivity contribution in [3.63, 3.8) is 0 Å². The maximum absolute atomic E-state index is 11.9. The van der Waals surface area contributed by atoms with Crippen LogP contribution in [0.5, 0.6) is 0 Å². The largest absolute Gasteiger partial charge is 0.444 e. The second kappa shape index (κ2) is 5.88. The minimum Gasteiger partial charge on any atom is -0.444 e. The highest BCUT2D eigenvalue weighted by Gasteiger charge is 2.25. The Hall–Kier alpha value is -1.84. The summed E-state index contributed by atoms with van der Waals surface area (Å²) in [4.78, 5) is 23.4. The van der Waals surface area contributed by atoms with Gasteiger partial charge in [-0.2, -0.15) is 0 Å². The Kier molecular flexibility index (Phi) is 4.35. The molecule has 1 amide bonds. The molecule has 1 aliphatic rings. The molecule has 21 heavy (non-hydrogen) atoms. The van der Waals surface area contributed by atoms with Crippen LogP contribution >= 0.6 is 0 Å². The number of ketones is 1. The fourth-order valence-electron chi connectivity index (χ4n) is 2.63. The number of Topliss-reactive ketones (excluding diaryl/α,β-unsaturated/α-hetero) is 1. The molecule has 1 aromatic rings. The molecular formula is C17H23NO3. The van der Waals surface area contributed by atoms with Gasteiger partial charge in [-0.25, -0.2) is 4.79 Å². The standard InChI is InChI=1S/C17H23NO3/c1-11(19)12-8-9-14-13(10-12)6-5-7-15(14)18-16(20)21-17(2,3)4/h8-10,15H,5-7H2,1-4H3,(H,18,20). The lowest BCUT2D eigenvalue weighted by Crippen LogP contribution is -2.36. The number of ether oxygens (including phenoxy) is 1. The summed E-state index contributed by atoms with van der Waals surface area (Å²) >= 11 is 0. The van der Waals surface area contributed by atoms with Gasteiger partial charge in [-0.05, 0) is 64.2 Å². The Morgan fingerprint density at radius 3 is 2.62 bits per heavy atom. The first-order valence-electron chi connectivity index (χ1n) is 7.39. The van der Waals surface area contributed by atoms with Gasteiger partial charge in [0.25, 0.3) is 0 Å². The molecule has 0 bridgehead atoms. The Balaban J connectivity index is 2.15. The first-order valence-corrected chi connectivity index (χ1v) is 7.39. The molecule has 0 saturated heterocycles. The minimum absolute atomic E-state index is 0.0374. The lowest BCUT2D eigenvalue weighted by atomic mass is 9.86. The van der Waals surface area contributed by atoms with Gasteiger partial charge in [-0.1, -0.05) is 12.1 Å². The number of benzene rings is 1. The van der Waals surface area contributed by atoms with E-state index in [1.807, 2.05) is 39.0 Å². The SMILES string of the molecule is CC(=O)c1ccc2c(c1)CCCC2NC(=O)OC(C)(C)C. The predicted octanol–water partition coefficient (Wildman–Crippen LogP) is 3.79. The highest BCUT2D eigenvalue weighted by Crippen LogP contribution is 2.30. The van der Waals surface area contributed by atoms with E-state index in [-0.39, 0.29) is 11.8 Å². The zero-order valence-electron chi connectivity index (χ0n) is 13.2. The predicted molar refractivity (Wildman–Crippen MR) is 81.5 cm³/mol. The summed E-state index contributed by atoms with van der Waals surface area (Å²) in [5.41, 5.74) is 2.47. The third kappa shape index (κ3) is 4.06. The van der Waals surface area contributed by atoms with Gasteiger partial charge in [-0.3, -0.25) is 4.79 Å². The summed E-state index contributed by atoms with van der Waals surface area (Å²) in [6.07, 6.45) is 2.44. The van der Waals surface area contributed by atoms with E-state index in [4.69, 9.17) is 4.74 Å². The fraction of sp³-hybridized carbons (Fsp3) is 0.529. The Labute approximate surface area is 125 Å². The van der Waals surface area contributed by atoms with E-state index in [9.17, 15) is 9.59 Å². The van der Waals surface area contributed by atoms with Crippen molar-refractivity contribution in [3.8, 4) is 0 Å². The van der Waals surface area contributed by atoms with Gasteiger partial charge in [0.1, 0.15) is 5.60 Å².